The van der Waals surface area contributed by atoms with Gasteiger partial charge in [0.05, 0.1) is 6.61 Å². The Bertz CT molecular complexity index is 354. The number of thioether (sulfide) groups is 1. The van der Waals surface area contributed by atoms with Gasteiger partial charge in [-0.2, -0.15) is 11.8 Å². The predicted octanol–water partition coefficient (Wildman–Crippen LogP) is 2.76. The maximum atomic E-state index is 6.16. The lowest BCUT2D eigenvalue weighted by molar-refractivity contribution is 0.288. The number of ether oxygens (including phenoxy) is 1. The van der Waals surface area contributed by atoms with Crippen molar-refractivity contribution >= 4 is 11.8 Å². The molecule has 0 aromatic heterocycles. The average molecular weight is 237 g/mol. The van der Waals surface area contributed by atoms with Gasteiger partial charge >= 0.3 is 0 Å². The number of nitrogens with two attached hydrogens (primary N) is 1. The highest BCUT2D eigenvalue weighted by Gasteiger charge is 2.13. The van der Waals surface area contributed by atoms with E-state index >= 15 is 0 Å². The molecular formula is C13H19NOS. The fraction of sp³-hybridized carbons (Fsp3) is 0.538. The molecule has 0 aliphatic carbocycles. The molecule has 1 heterocycles. The van der Waals surface area contributed by atoms with Crippen LogP contribution in [-0.2, 0) is 6.42 Å². The lowest BCUT2D eigenvalue weighted by Gasteiger charge is -2.19. The second-order valence-electron chi connectivity index (χ2n) is 4.21. The van der Waals surface area contributed by atoms with Crippen LogP contribution >= 0.6 is 11.8 Å². The Hall–Kier alpha value is -0.670. The van der Waals surface area contributed by atoms with Crippen molar-refractivity contribution in [2.75, 3.05) is 18.6 Å². The molecule has 1 aromatic carbocycles. The normalized spacial score (nSPS) is 16.4. The van der Waals surface area contributed by atoms with Crippen molar-refractivity contribution in [1.82, 2.24) is 0 Å². The summed E-state index contributed by atoms with van der Waals surface area (Å²) in [6, 6.07) is 6.57. The van der Waals surface area contributed by atoms with Gasteiger partial charge in [0.1, 0.15) is 5.75 Å². The Morgan fingerprint density at radius 3 is 3.19 bits per heavy atom. The molecule has 0 amide bonds. The van der Waals surface area contributed by atoms with Gasteiger partial charge in [0.15, 0.2) is 0 Å². The smallest absolute Gasteiger partial charge is 0.122 e. The summed E-state index contributed by atoms with van der Waals surface area (Å²) in [7, 11) is 0. The van der Waals surface area contributed by atoms with Crippen LogP contribution in [0.15, 0.2) is 18.2 Å². The fourth-order valence-electron chi connectivity index (χ4n) is 2.02. The third-order valence-electron chi connectivity index (χ3n) is 2.99. The van der Waals surface area contributed by atoms with Crippen LogP contribution in [0.2, 0.25) is 0 Å². The minimum atomic E-state index is 0.166. The highest BCUT2D eigenvalue weighted by Crippen LogP contribution is 2.28. The molecule has 3 heteroatoms. The SMILES string of the molecule is CSCCC(N)c1ccc2c(c1)CCCO2. The monoisotopic (exact) mass is 237 g/mol. The first kappa shape index (κ1) is 11.8. The zero-order valence-electron chi connectivity index (χ0n) is 9.74. The summed E-state index contributed by atoms with van der Waals surface area (Å²) in [5.74, 6) is 2.17. The second kappa shape index (κ2) is 5.60. The maximum Gasteiger partial charge on any atom is 0.122 e. The van der Waals surface area contributed by atoms with Crippen LogP contribution in [0.5, 0.6) is 5.75 Å². The van der Waals surface area contributed by atoms with Gasteiger partial charge in [-0.1, -0.05) is 12.1 Å². The molecule has 2 N–H and O–H groups in total. The zero-order chi connectivity index (χ0) is 11.4. The highest BCUT2D eigenvalue weighted by molar-refractivity contribution is 7.98. The molecule has 0 spiro atoms. The lowest BCUT2D eigenvalue weighted by Crippen LogP contribution is -2.13. The molecule has 0 bridgehead atoms. The molecule has 88 valence electrons. The van der Waals surface area contributed by atoms with Crippen LogP contribution < -0.4 is 10.5 Å². The standard InChI is InChI=1S/C13H19NOS/c1-16-8-6-12(14)10-4-5-13-11(9-10)3-2-7-15-13/h4-5,9,12H,2-3,6-8,14H2,1H3. The fourth-order valence-corrected chi connectivity index (χ4v) is 2.51. The number of aryl methyl sites for hydroxylation is 1. The van der Waals surface area contributed by atoms with Crippen molar-refractivity contribution < 1.29 is 4.74 Å². The molecule has 0 saturated heterocycles. The van der Waals surface area contributed by atoms with Gasteiger partial charge < -0.3 is 10.5 Å². The van der Waals surface area contributed by atoms with E-state index in [2.05, 4.69) is 24.5 Å². The summed E-state index contributed by atoms with van der Waals surface area (Å²) < 4.78 is 5.59. The van der Waals surface area contributed by atoms with Gasteiger partial charge in [-0.15, -0.1) is 0 Å². The number of fused-ring (bicyclic) bond motifs is 1. The van der Waals surface area contributed by atoms with E-state index in [1.54, 1.807) is 0 Å². The highest BCUT2D eigenvalue weighted by atomic mass is 32.2. The topological polar surface area (TPSA) is 35.2 Å². The van der Waals surface area contributed by atoms with E-state index in [4.69, 9.17) is 10.5 Å². The van der Waals surface area contributed by atoms with Gasteiger partial charge in [0, 0.05) is 6.04 Å². The molecule has 2 rings (SSSR count). The summed E-state index contributed by atoms with van der Waals surface area (Å²) in [5, 5.41) is 0. The van der Waals surface area contributed by atoms with Crippen LogP contribution in [0.25, 0.3) is 0 Å². The van der Waals surface area contributed by atoms with Gasteiger partial charge in [0.2, 0.25) is 0 Å². The van der Waals surface area contributed by atoms with Crippen molar-refractivity contribution in [2.45, 2.75) is 25.3 Å². The third-order valence-corrected chi connectivity index (χ3v) is 3.64. The summed E-state index contributed by atoms with van der Waals surface area (Å²) in [6.45, 7) is 0.852. The van der Waals surface area contributed by atoms with Crippen LogP contribution in [0.4, 0.5) is 0 Å². The van der Waals surface area contributed by atoms with Crippen LogP contribution in [0, 0.1) is 0 Å². The van der Waals surface area contributed by atoms with Crippen molar-refractivity contribution in [2.24, 2.45) is 5.73 Å². The van der Waals surface area contributed by atoms with Gasteiger partial charge in [-0.05, 0) is 48.5 Å². The molecule has 1 aliphatic rings. The average Bonchev–Trinajstić information content (AvgIpc) is 2.35. The number of hydrogen-bond donors (Lipinski definition) is 1. The van der Waals surface area contributed by atoms with E-state index in [1.165, 1.54) is 11.1 Å². The van der Waals surface area contributed by atoms with Crippen molar-refractivity contribution in [3.05, 3.63) is 29.3 Å². The summed E-state index contributed by atoms with van der Waals surface area (Å²) in [6.07, 6.45) is 5.41. The minimum absolute atomic E-state index is 0.166. The van der Waals surface area contributed by atoms with Crippen molar-refractivity contribution in [1.29, 1.82) is 0 Å². The van der Waals surface area contributed by atoms with Crippen LogP contribution in [0.3, 0.4) is 0 Å². The summed E-state index contributed by atoms with van der Waals surface area (Å²) >= 11 is 1.85. The first-order chi connectivity index (χ1) is 7.81. The molecule has 0 fully saturated rings. The molecule has 16 heavy (non-hydrogen) atoms. The Morgan fingerprint density at radius 1 is 1.50 bits per heavy atom. The number of hydrogen-bond acceptors (Lipinski definition) is 3. The third kappa shape index (κ3) is 2.71. The molecule has 1 aromatic rings. The lowest BCUT2D eigenvalue weighted by atomic mass is 9.98. The van der Waals surface area contributed by atoms with E-state index in [9.17, 15) is 0 Å². The molecule has 0 radical (unpaired) electrons. The maximum absolute atomic E-state index is 6.16. The van der Waals surface area contributed by atoms with Gasteiger partial charge in [0.25, 0.3) is 0 Å². The van der Waals surface area contributed by atoms with E-state index in [0.29, 0.717) is 0 Å². The Balaban J connectivity index is 2.10. The van der Waals surface area contributed by atoms with Crippen molar-refractivity contribution in [3.63, 3.8) is 0 Å². The Labute approximate surface area is 102 Å². The van der Waals surface area contributed by atoms with E-state index in [1.807, 2.05) is 11.8 Å². The van der Waals surface area contributed by atoms with Gasteiger partial charge in [-0.3, -0.25) is 0 Å². The predicted molar refractivity (Wildman–Crippen MR) is 70.2 cm³/mol. The molecule has 1 aliphatic heterocycles. The molecule has 2 nitrogen and oxygen atoms in total. The summed E-state index contributed by atoms with van der Waals surface area (Å²) in [5.41, 5.74) is 8.73. The molecular weight excluding hydrogens is 218 g/mol. The largest absolute Gasteiger partial charge is 0.493 e. The number of benzene rings is 1. The second-order valence-corrected chi connectivity index (χ2v) is 5.19. The van der Waals surface area contributed by atoms with Crippen LogP contribution in [0.1, 0.15) is 30.0 Å². The zero-order valence-corrected chi connectivity index (χ0v) is 10.6. The van der Waals surface area contributed by atoms with Crippen LogP contribution in [-0.4, -0.2) is 18.6 Å². The minimum Gasteiger partial charge on any atom is -0.493 e. The van der Waals surface area contributed by atoms with E-state index in [-0.39, 0.29) is 6.04 Å². The Morgan fingerprint density at radius 2 is 2.38 bits per heavy atom. The first-order valence-electron chi connectivity index (χ1n) is 5.81. The molecule has 1 unspecified atom stereocenters. The van der Waals surface area contributed by atoms with E-state index in [0.717, 1.165) is 37.4 Å². The van der Waals surface area contributed by atoms with Gasteiger partial charge in [-0.25, -0.2) is 0 Å². The molecule has 0 saturated carbocycles. The molecule has 1 atom stereocenters. The quantitative estimate of drug-likeness (QED) is 0.874. The Kier molecular flexibility index (Phi) is 4.13. The summed E-state index contributed by atoms with van der Waals surface area (Å²) in [4.78, 5) is 0. The number of rotatable bonds is 4. The first-order valence-corrected chi connectivity index (χ1v) is 7.21. The van der Waals surface area contributed by atoms with E-state index < -0.39 is 0 Å². The van der Waals surface area contributed by atoms with Crippen molar-refractivity contribution in [3.8, 4) is 5.75 Å².